The molecule has 0 saturated carbocycles. The number of nitrogens with zero attached hydrogens (tertiary/aromatic N) is 2. The van der Waals surface area contributed by atoms with E-state index in [0.717, 1.165) is 12.3 Å². The molecule has 0 aromatic carbocycles. The number of carbonyl (C=O) groups is 1. The van der Waals surface area contributed by atoms with Crippen LogP contribution in [0.2, 0.25) is 5.15 Å². The van der Waals surface area contributed by atoms with Crippen molar-refractivity contribution in [2.45, 2.75) is 20.8 Å². The summed E-state index contributed by atoms with van der Waals surface area (Å²) in [4.78, 5) is 17.2. The highest BCUT2D eigenvalue weighted by atomic mass is 35.5. The van der Waals surface area contributed by atoms with Gasteiger partial charge in [-0.1, -0.05) is 32.4 Å². The Hall–Kier alpha value is -1.16. The summed E-state index contributed by atoms with van der Waals surface area (Å²) in [6, 6.07) is 1.11. The van der Waals surface area contributed by atoms with Crippen molar-refractivity contribution >= 4 is 17.5 Å². The number of hydrogen-bond donors (Lipinski definition) is 0. The number of amides is 1. The molecule has 0 bridgehead atoms. The zero-order chi connectivity index (χ0) is 13.2. The van der Waals surface area contributed by atoms with Crippen LogP contribution in [0.25, 0.3) is 0 Å². The molecule has 0 fully saturated rings. The van der Waals surface area contributed by atoms with E-state index < -0.39 is 5.82 Å². The van der Waals surface area contributed by atoms with Crippen LogP contribution < -0.4 is 0 Å². The van der Waals surface area contributed by atoms with Crippen LogP contribution in [0.5, 0.6) is 0 Å². The van der Waals surface area contributed by atoms with E-state index >= 15 is 0 Å². The molecule has 17 heavy (non-hydrogen) atoms. The lowest BCUT2D eigenvalue weighted by Gasteiger charge is -2.26. The Morgan fingerprint density at radius 2 is 2.12 bits per heavy atom. The van der Waals surface area contributed by atoms with Crippen molar-refractivity contribution in [3.05, 3.63) is 28.8 Å². The second-order valence-electron chi connectivity index (χ2n) is 5.21. The van der Waals surface area contributed by atoms with E-state index in [1.165, 1.54) is 4.90 Å². The fourth-order valence-electron chi connectivity index (χ4n) is 1.56. The summed E-state index contributed by atoms with van der Waals surface area (Å²) < 4.78 is 13.0. The second kappa shape index (κ2) is 5.00. The Morgan fingerprint density at radius 1 is 1.53 bits per heavy atom. The van der Waals surface area contributed by atoms with Crippen LogP contribution in [0.15, 0.2) is 12.3 Å². The van der Waals surface area contributed by atoms with Crippen molar-refractivity contribution in [3.8, 4) is 0 Å². The van der Waals surface area contributed by atoms with Gasteiger partial charge in [-0.3, -0.25) is 4.79 Å². The minimum atomic E-state index is -0.568. The topological polar surface area (TPSA) is 33.2 Å². The van der Waals surface area contributed by atoms with Gasteiger partial charge in [0, 0.05) is 13.6 Å². The monoisotopic (exact) mass is 258 g/mol. The maximum atomic E-state index is 13.0. The van der Waals surface area contributed by atoms with Gasteiger partial charge in [-0.15, -0.1) is 0 Å². The standard InChI is InChI=1S/C12H16ClFN2O/c1-12(2,3)7-16(4)11(17)9-5-8(14)6-15-10(9)13/h5-6H,7H2,1-4H3. The molecule has 0 spiro atoms. The molecule has 1 aromatic rings. The van der Waals surface area contributed by atoms with Crippen LogP contribution in [0.4, 0.5) is 4.39 Å². The lowest BCUT2D eigenvalue weighted by molar-refractivity contribution is 0.0745. The highest BCUT2D eigenvalue weighted by Crippen LogP contribution is 2.19. The summed E-state index contributed by atoms with van der Waals surface area (Å²) in [7, 11) is 1.66. The molecule has 1 rings (SSSR count). The Morgan fingerprint density at radius 3 is 2.65 bits per heavy atom. The van der Waals surface area contributed by atoms with Crippen LogP contribution in [-0.4, -0.2) is 29.4 Å². The summed E-state index contributed by atoms with van der Waals surface area (Å²) in [5.41, 5.74) is 0.0656. The van der Waals surface area contributed by atoms with E-state index in [1.54, 1.807) is 7.05 Å². The van der Waals surface area contributed by atoms with Crippen LogP contribution in [-0.2, 0) is 0 Å². The lowest BCUT2D eigenvalue weighted by Crippen LogP contribution is -2.34. The fourth-order valence-corrected chi connectivity index (χ4v) is 1.75. The summed E-state index contributed by atoms with van der Waals surface area (Å²) in [6.45, 7) is 6.60. The number of aromatic nitrogens is 1. The molecule has 0 saturated heterocycles. The molecule has 94 valence electrons. The van der Waals surface area contributed by atoms with Crippen LogP contribution in [0.3, 0.4) is 0 Å². The summed E-state index contributed by atoms with van der Waals surface area (Å²) in [6.07, 6.45) is 0.989. The van der Waals surface area contributed by atoms with Gasteiger partial charge in [-0.05, 0) is 11.5 Å². The molecular weight excluding hydrogens is 243 g/mol. The minimum Gasteiger partial charge on any atom is -0.341 e. The van der Waals surface area contributed by atoms with Crippen LogP contribution >= 0.6 is 11.6 Å². The molecule has 1 aromatic heterocycles. The van der Waals surface area contributed by atoms with Crippen molar-refractivity contribution in [2.75, 3.05) is 13.6 Å². The fraction of sp³-hybridized carbons (Fsp3) is 0.500. The molecule has 0 atom stereocenters. The molecular formula is C12H16ClFN2O. The molecule has 0 N–H and O–H groups in total. The van der Waals surface area contributed by atoms with Crippen molar-refractivity contribution in [3.63, 3.8) is 0 Å². The Bertz CT molecular complexity index is 429. The molecule has 1 amide bonds. The first-order valence-electron chi connectivity index (χ1n) is 5.27. The molecule has 0 radical (unpaired) electrons. The number of carbonyl (C=O) groups excluding carboxylic acids is 1. The molecule has 0 aliphatic heterocycles. The lowest BCUT2D eigenvalue weighted by atomic mass is 9.96. The van der Waals surface area contributed by atoms with E-state index in [-0.39, 0.29) is 22.0 Å². The summed E-state index contributed by atoms with van der Waals surface area (Å²) >= 11 is 5.78. The molecule has 0 unspecified atom stereocenters. The van der Waals surface area contributed by atoms with Gasteiger partial charge >= 0.3 is 0 Å². The average Bonchev–Trinajstić information content (AvgIpc) is 2.18. The Labute approximate surface area is 106 Å². The number of rotatable bonds is 2. The van der Waals surface area contributed by atoms with Gasteiger partial charge in [0.25, 0.3) is 5.91 Å². The predicted octanol–water partition coefficient (Wildman–Crippen LogP) is 2.99. The SMILES string of the molecule is CN(CC(C)(C)C)C(=O)c1cc(F)cnc1Cl. The van der Waals surface area contributed by atoms with Gasteiger partial charge in [0.1, 0.15) is 11.0 Å². The van der Waals surface area contributed by atoms with Crippen LogP contribution in [0, 0.1) is 11.2 Å². The molecule has 3 nitrogen and oxygen atoms in total. The van der Waals surface area contributed by atoms with Crippen molar-refractivity contribution in [1.82, 2.24) is 9.88 Å². The summed E-state index contributed by atoms with van der Waals surface area (Å²) in [5, 5.41) is 0.0251. The first-order chi connectivity index (χ1) is 7.70. The maximum absolute atomic E-state index is 13.0. The highest BCUT2D eigenvalue weighted by molar-refractivity contribution is 6.32. The summed E-state index contributed by atoms with van der Waals surface area (Å²) in [5.74, 6) is -0.890. The van der Waals surface area contributed by atoms with Gasteiger partial charge in [0.15, 0.2) is 0 Å². The first-order valence-corrected chi connectivity index (χ1v) is 5.65. The molecule has 0 aliphatic rings. The second-order valence-corrected chi connectivity index (χ2v) is 5.57. The third-order valence-corrected chi connectivity index (χ3v) is 2.40. The largest absolute Gasteiger partial charge is 0.341 e. The van der Waals surface area contributed by atoms with E-state index in [9.17, 15) is 9.18 Å². The molecule has 0 aliphatic carbocycles. The van der Waals surface area contributed by atoms with Gasteiger partial charge in [0.05, 0.1) is 11.8 Å². The zero-order valence-corrected chi connectivity index (χ0v) is 11.2. The smallest absolute Gasteiger partial charge is 0.256 e. The van der Waals surface area contributed by atoms with Gasteiger partial charge in [-0.25, -0.2) is 9.37 Å². The highest BCUT2D eigenvalue weighted by Gasteiger charge is 2.21. The maximum Gasteiger partial charge on any atom is 0.256 e. The Kier molecular flexibility index (Phi) is 4.09. The quantitative estimate of drug-likeness (QED) is 0.764. The zero-order valence-electron chi connectivity index (χ0n) is 10.4. The third kappa shape index (κ3) is 3.97. The van der Waals surface area contributed by atoms with Crippen molar-refractivity contribution in [2.24, 2.45) is 5.41 Å². The van der Waals surface area contributed by atoms with Gasteiger partial charge < -0.3 is 4.90 Å². The van der Waals surface area contributed by atoms with Gasteiger partial charge in [0.2, 0.25) is 0 Å². The van der Waals surface area contributed by atoms with E-state index in [2.05, 4.69) is 4.98 Å². The molecule has 5 heteroatoms. The Balaban J connectivity index is 2.93. The van der Waals surface area contributed by atoms with Crippen molar-refractivity contribution in [1.29, 1.82) is 0 Å². The number of hydrogen-bond acceptors (Lipinski definition) is 2. The number of pyridine rings is 1. The average molecular weight is 259 g/mol. The van der Waals surface area contributed by atoms with Gasteiger partial charge in [-0.2, -0.15) is 0 Å². The third-order valence-electron chi connectivity index (χ3n) is 2.09. The van der Waals surface area contributed by atoms with E-state index in [1.807, 2.05) is 20.8 Å². The van der Waals surface area contributed by atoms with E-state index in [0.29, 0.717) is 6.54 Å². The molecule has 1 heterocycles. The van der Waals surface area contributed by atoms with Crippen molar-refractivity contribution < 1.29 is 9.18 Å². The predicted molar refractivity (Wildman–Crippen MR) is 65.6 cm³/mol. The van der Waals surface area contributed by atoms with Crippen LogP contribution in [0.1, 0.15) is 31.1 Å². The van der Waals surface area contributed by atoms with E-state index in [4.69, 9.17) is 11.6 Å². The first kappa shape index (κ1) is 13.9. The number of halogens is 2. The normalized spacial score (nSPS) is 11.4. The minimum absolute atomic E-state index is 0.0251.